The van der Waals surface area contributed by atoms with Crippen molar-refractivity contribution < 1.29 is 9.53 Å². The molecule has 0 aliphatic heterocycles. The second kappa shape index (κ2) is 10.5. The van der Waals surface area contributed by atoms with E-state index in [9.17, 15) is 4.79 Å². The Kier molecular flexibility index (Phi) is 8.30. The molecule has 1 aliphatic carbocycles. The van der Waals surface area contributed by atoms with Crippen LogP contribution in [0.4, 0.5) is 0 Å². The second-order valence-electron chi connectivity index (χ2n) is 6.80. The van der Waals surface area contributed by atoms with Gasteiger partial charge in [-0.25, -0.2) is 0 Å². The van der Waals surface area contributed by atoms with Gasteiger partial charge in [-0.1, -0.05) is 25.3 Å². The van der Waals surface area contributed by atoms with Crippen molar-refractivity contribution in [1.29, 1.82) is 0 Å². The van der Waals surface area contributed by atoms with Crippen molar-refractivity contribution in [1.82, 2.24) is 4.98 Å². The molecule has 2 atom stereocenters. The Hall–Kier alpha value is -1.22. The van der Waals surface area contributed by atoms with Crippen LogP contribution < -0.4 is 0 Å². The first-order valence-electron chi connectivity index (χ1n) is 9.24. The highest BCUT2D eigenvalue weighted by Gasteiger charge is 2.22. The summed E-state index contributed by atoms with van der Waals surface area (Å²) >= 11 is 0. The van der Waals surface area contributed by atoms with Gasteiger partial charge >= 0.3 is 0 Å². The number of aromatic nitrogens is 1. The van der Waals surface area contributed by atoms with Crippen LogP contribution in [-0.2, 0) is 16.0 Å². The first kappa shape index (κ1) is 18.1. The average molecular weight is 317 g/mol. The van der Waals surface area contributed by atoms with E-state index >= 15 is 0 Å². The number of hydrogen-bond acceptors (Lipinski definition) is 3. The van der Waals surface area contributed by atoms with Gasteiger partial charge in [0.1, 0.15) is 5.78 Å². The third-order valence-electron chi connectivity index (χ3n) is 5.07. The molecule has 1 fully saturated rings. The lowest BCUT2D eigenvalue weighted by Gasteiger charge is -2.22. The van der Waals surface area contributed by atoms with E-state index in [1.807, 2.05) is 25.6 Å². The first-order valence-corrected chi connectivity index (χ1v) is 9.24. The molecule has 3 nitrogen and oxygen atoms in total. The largest absolute Gasteiger partial charge is 0.381 e. The molecule has 0 N–H and O–H groups in total. The third-order valence-corrected chi connectivity index (χ3v) is 5.07. The van der Waals surface area contributed by atoms with Crippen LogP contribution in [0.5, 0.6) is 0 Å². The van der Waals surface area contributed by atoms with Gasteiger partial charge in [-0.05, 0) is 56.6 Å². The third kappa shape index (κ3) is 6.82. The van der Waals surface area contributed by atoms with E-state index in [-0.39, 0.29) is 0 Å². The van der Waals surface area contributed by atoms with Crippen LogP contribution in [0.1, 0.15) is 69.8 Å². The molecule has 0 bridgehead atoms. The zero-order chi connectivity index (χ0) is 16.3. The molecule has 128 valence electrons. The van der Waals surface area contributed by atoms with E-state index in [0.717, 1.165) is 44.9 Å². The molecule has 1 aromatic rings. The highest BCUT2D eigenvalue weighted by molar-refractivity contribution is 5.81. The normalized spacial score (nSPS) is 19.7. The van der Waals surface area contributed by atoms with E-state index in [1.165, 1.54) is 31.2 Å². The number of carbonyl (C=O) groups excluding carboxylic acids is 1. The number of Topliss-reactive ketones (excluding diaryl/α,β-unsaturated/α-hetero) is 1. The number of methoxy groups -OCH3 is 1. The topological polar surface area (TPSA) is 39.2 Å². The summed E-state index contributed by atoms with van der Waals surface area (Å²) in [5.74, 6) is 0.801. The minimum Gasteiger partial charge on any atom is -0.381 e. The Morgan fingerprint density at radius 2 is 2.17 bits per heavy atom. The lowest BCUT2D eigenvalue weighted by atomic mass is 9.84. The lowest BCUT2D eigenvalue weighted by molar-refractivity contribution is -0.125. The number of ether oxygens (including phenoxy) is 1. The molecule has 0 spiro atoms. The maximum absolute atomic E-state index is 11.9. The highest BCUT2D eigenvalue weighted by atomic mass is 16.5. The fraction of sp³-hybridized carbons (Fsp3) is 0.700. The number of ketones is 1. The minimum absolute atomic E-state index is 0.312. The molecule has 1 saturated carbocycles. The maximum Gasteiger partial charge on any atom is 0.135 e. The molecule has 1 aliphatic rings. The smallest absolute Gasteiger partial charge is 0.135 e. The predicted octanol–water partition coefficient (Wildman–Crippen LogP) is 4.74. The van der Waals surface area contributed by atoms with Gasteiger partial charge in [-0.2, -0.15) is 0 Å². The average Bonchev–Trinajstić information content (AvgIpc) is 2.59. The standard InChI is InChI=1S/C20H31NO2/c1-23-19(14-13-18-10-5-6-12-20(18)22)11-4-2-3-8-17-9-7-15-21-16-17/h7,9,15-16,18-19H,2-6,8,10-14H2,1H3. The fourth-order valence-electron chi connectivity index (χ4n) is 3.55. The van der Waals surface area contributed by atoms with E-state index < -0.39 is 0 Å². The van der Waals surface area contributed by atoms with Crippen LogP contribution >= 0.6 is 0 Å². The molecule has 0 radical (unpaired) electrons. The second-order valence-corrected chi connectivity index (χ2v) is 6.80. The van der Waals surface area contributed by atoms with E-state index in [2.05, 4.69) is 11.1 Å². The van der Waals surface area contributed by atoms with Gasteiger partial charge in [0.2, 0.25) is 0 Å². The van der Waals surface area contributed by atoms with E-state index in [1.54, 1.807) is 0 Å². The molecular formula is C20H31NO2. The van der Waals surface area contributed by atoms with Crippen LogP contribution in [0, 0.1) is 5.92 Å². The Labute approximate surface area is 140 Å². The molecule has 1 heterocycles. The number of pyridine rings is 1. The van der Waals surface area contributed by atoms with Gasteiger partial charge in [0.15, 0.2) is 0 Å². The van der Waals surface area contributed by atoms with E-state index in [0.29, 0.717) is 17.8 Å². The van der Waals surface area contributed by atoms with Crippen molar-refractivity contribution in [3.8, 4) is 0 Å². The zero-order valence-corrected chi connectivity index (χ0v) is 14.5. The Morgan fingerprint density at radius 1 is 1.26 bits per heavy atom. The minimum atomic E-state index is 0.312. The number of rotatable bonds is 10. The summed E-state index contributed by atoms with van der Waals surface area (Å²) in [6, 6.07) is 4.15. The molecule has 2 unspecified atom stereocenters. The van der Waals surface area contributed by atoms with Crippen LogP contribution in [0.25, 0.3) is 0 Å². The Bertz CT molecular complexity index is 446. The van der Waals surface area contributed by atoms with Gasteiger partial charge in [-0.15, -0.1) is 0 Å². The summed E-state index contributed by atoms with van der Waals surface area (Å²) in [5.41, 5.74) is 1.33. The molecule has 0 saturated heterocycles. The highest BCUT2D eigenvalue weighted by Crippen LogP contribution is 2.26. The van der Waals surface area contributed by atoms with Crippen LogP contribution in [-0.4, -0.2) is 24.0 Å². The summed E-state index contributed by atoms with van der Waals surface area (Å²) in [5, 5.41) is 0. The van der Waals surface area contributed by atoms with Gasteiger partial charge < -0.3 is 4.74 Å². The van der Waals surface area contributed by atoms with Crippen LogP contribution in [0.2, 0.25) is 0 Å². The molecule has 0 aromatic carbocycles. The summed E-state index contributed by atoms with van der Waals surface area (Å²) in [7, 11) is 1.81. The molecular weight excluding hydrogens is 286 g/mol. The van der Waals surface area contributed by atoms with Crippen molar-refractivity contribution in [2.75, 3.05) is 7.11 Å². The van der Waals surface area contributed by atoms with Crippen molar-refractivity contribution >= 4 is 5.78 Å². The Balaban J connectivity index is 1.56. The van der Waals surface area contributed by atoms with Gasteiger partial charge in [0, 0.05) is 31.8 Å². The SMILES string of the molecule is COC(CCCCCc1cccnc1)CCC1CCCCC1=O. The van der Waals surface area contributed by atoms with Crippen LogP contribution in [0.3, 0.4) is 0 Å². The van der Waals surface area contributed by atoms with Crippen molar-refractivity contribution in [2.24, 2.45) is 5.92 Å². The number of nitrogens with zero attached hydrogens (tertiary/aromatic N) is 1. The van der Waals surface area contributed by atoms with E-state index in [4.69, 9.17) is 4.74 Å². The van der Waals surface area contributed by atoms with Gasteiger partial charge in [0.05, 0.1) is 6.10 Å². The van der Waals surface area contributed by atoms with Crippen molar-refractivity contribution in [3.05, 3.63) is 30.1 Å². The summed E-state index contributed by atoms with van der Waals surface area (Å²) in [4.78, 5) is 16.0. The summed E-state index contributed by atoms with van der Waals surface area (Å²) in [6.07, 6.45) is 16.3. The first-order chi connectivity index (χ1) is 11.3. The van der Waals surface area contributed by atoms with Gasteiger partial charge in [0.25, 0.3) is 0 Å². The van der Waals surface area contributed by atoms with Gasteiger partial charge in [-0.3, -0.25) is 9.78 Å². The van der Waals surface area contributed by atoms with Crippen molar-refractivity contribution in [2.45, 2.75) is 76.7 Å². The maximum atomic E-state index is 11.9. The monoisotopic (exact) mass is 317 g/mol. The van der Waals surface area contributed by atoms with Crippen molar-refractivity contribution in [3.63, 3.8) is 0 Å². The predicted molar refractivity (Wildman–Crippen MR) is 93.4 cm³/mol. The summed E-state index contributed by atoms with van der Waals surface area (Å²) in [6.45, 7) is 0. The molecule has 23 heavy (non-hydrogen) atoms. The summed E-state index contributed by atoms with van der Waals surface area (Å²) < 4.78 is 5.62. The molecule has 2 rings (SSSR count). The number of unbranched alkanes of at least 4 members (excludes halogenated alkanes) is 2. The number of carbonyl (C=O) groups is 1. The van der Waals surface area contributed by atoms with Crippen LogP contribution in [0.15, 0.2) is 24.5 Å². The number of hydrogen-bond donors (Lipinski definition) is 0. The Morgan fingerprint density at radius 3 is 2.91 bits per heavy atom. The zero-order valence-electron chi connectivity index (χ0n) is 14.5. The molecule has 1 aromatic heterocycles. The molecule has 0 amide bonds. The number of aryl methyl sites for hydroxylation is 1. The fourth-order valence-corrected chi connectivity index (χ4v) is 3.55. The molecule has 3 heteroatoms. The quantitative estimate of drug-likeness (QED) is 0.585. The lowest BCUT2D eigenvalue weighted by Crippen LogP contribution is -2.21.